The Balaban J connectivity index is 1.59. The lowest BCUT2D eigenvalue weighted by molar-refractivity contribution is -0.177. The second-order valence-corrected chi connectivity index (χ2v) is 7.49. The third kappa shape index (κ3) is 4.57. The van der Waals surface area contributed by atoms with E-state index in [4.69, 9.17) is 4.74 Å². The van der Waals surface area contributed by atoms with Crippen LogP contribution in [0.5, 0.6) is 0 Å². The van der Waals surface area contributed by atoms with Crippen molar-refractivity contribution in [2.75, 3.05) is 33.3 Å². The Kier molecular flexibility index (Phi) is 5.41. The Morgan fingerprint density at radius 2 is 1.96 bits per heavy atom. The van der Waals surface area contributed by atoms with Gasteiger partial charge in [-0.25, -0.2) is 4.39 Å². The maximum absolute atomic E-state index is 13.0. The monoisotopic (exact) mass is 350 g/mol. The highest BCUT2D eigenvalue weighted by molar-refractivity contribution is 5.78. The lowest BCUT2D eigenvalue weighted by Crippen LogP contribution is -2.57. The Morgan fingerprint density at radius 1 is 1.28 bits per heavy atom. The summed E-state index contributed by atoms with van der Waals surface area (Å²) in [4.78, 5) is 14.0. The predicted molar refractivity (Wildman–Crippen MR) is 92.7 cm³/mol. The van der Waals surface area contributed by atoms with Gasteiger partial charge in [-0.3, -0.25) is 4.79 Å². The zero-order valence-electron chi connectivity index (χ0n) is 14.8. The van der Waals surface area contributed by atoms with Gasteiger partial charge in [0, 0.05) is 26.4 Å². The molecule has 1 aromatic rings. The summed E-state index contributed by atoms with van der Waals surface area (Å²) in [5.74, 6) is -0.390. The molecule has 2 heterocycles. The molecule has 1 amide bonds. The highest BCUT2D eigenvalue weighted by atomic mass is 19.1. The lowest BCUT2D eigenvalue weighted by Gasteiger charge is -2.48. The fourth-order valence-corrected chi connectivity index (χ4v) is 3.98. The van der Waals surface area contributed by atoms with Crippen LogP contribution in [0.15, 0.2) is 24.3 Å². The van der Waals surface area contributed by atoms with Gasteiger partial charge in [0.25, 0.3) is 0 Å². The van der Waals surface area contributed by atoms with Crippen molar-refractivity contribution in [3.63, 3.8) is 0 Å². The molecule has 2 saturated heterocycles. The van der Waals surface area contributed by atoms with Crippen LogP contribution in [0.2, 0.25) is 0 Å². The van der Waals surface area contributed by atoms with Gasteiger partial charge >= 0.3 is 0 Å². The number of hydrogen-bond acceptors (Lipinski definition) is 4. The van der Waals surface area contributed by atoms with E-state index in [1.54, 1.807) is 24.1 Å². The fraction of sp³-hybridized carbons (Fsp3) is 0.632. The van der Waals surface area contributed by atoms with E-state index in [1.807, 2.05) is 0 Å². The molecule has 2 aliphatic rings. The number of likely N-dealkylation sites (N-methyl/N-ethyl adjacent to an activating group) is 1. The molecular formula is C19H27FN2O3. The number of nitrogens with zero attached hydrogens (tertiary/aromatic N) is 1. The number of rotatable bonds is 4. The molecule has 0 aliphatic carbocycles. The van der Waals surface area contributed by atoms with Crippen molar-refractivity contribution in [3.05, 3.63) is 35.6 Å². The predicted octanol–water partition coefficient (Wildman–Crippen LogP) is 1.49. The topological polar surface area (TPSA) is 61.8 Å². The SMILES string of the molecule is CN(CC1(O)CCOC2(CCNCC2)C1)C(=O)Cc1ccc(F)cc1. The average Bonchev–Trinajstić information content (AvgIpc) is 2.57. The van der Waals surface area contributed by atoms with E-state index in [2.05, 4.69) is 5.32 Å². The van der Waals surface area contributed by atoms with Crippen LogP contribution >= 0.6 is 0 Å². The van der Waals surface area contributed by atoms with Crippen molar-refractivity contribution in [3.8, 4) is 0 Å². The number of hydrogen-bond donors (Lipinski definition) is 2. The van der Waals surface area contributed by atoms with E-state index in [-0.39, 0.29) is 23.7 Å². The smallest absolute Gasteiger partial charge is 0.226 e. The maximum atomic E-state index is 13.0. The molecule has 2 fully saturated rings. The molecule has 1 spiro atoms. The fourth-order valence-electron chi connectivity index (χ4n) is 3.98. The van der Waals surface area contributed by atoms with E-state index in [9.17, 15) is 14.3 Å². The van der Waals surface area contributed by atoms with Crippen molar-refractivity contribution >= 4 is 5.91 Å². The first-order chi connectivity index (χ1) is 11.9. The molecule has 5 nitrogen and oxygen atoms in total. The second-order valence-electron chi connectivity index (χ2n) is 7.49. The van der Waals surface area contributed by atoms with Gasteiger partial charge in [0.1, 0.15) is 5.82 Å². The third-order valence-electron chi connectivity index (χ3n) is 5.37. The third-order valence-corrected chi connectivity index (χ3v) is 5.37. The highest BCUT2D eigenvalue weighted by Gasteiger charge is 2.46. The molecule has 0 bridgehead atoms. The first-order valence-corrected chi connectivity index (χ1v) is 8.95. The van der Waals surface area contributed by atoms with E-state index in [1.165, 1.54) is 12.1 Å². The molecule has 0 aromatic heterocycles. The van der Waals surface area contributed by atoms with E-state index in [0.29, 0.717) is 26.0 Å². The number of amides is 1. The van der Waals surface area contributed by atoms with Crippen LogP contribution < -0.4 is 5.32 Å². The molecule has 0 saturated carbocycles. The van der Waals surface area contributed by atoms with Gasteiger partial charge in [0.05, 0.1) is 24.2 Å². The summed E-state index contributed by atoms with van der Waals surface area (Å²) in [6.45, 7) is 2.62. The molecule has 1 unspecified atom stereocenters. The Labute approximate surface area is 148 Å². The molecule has 6 heteroatoms. The van der Waals surface area contributed by atoms with Crippen molar-refractivity contribution in [1.82, 2.24) is 10.2 Å². The number of nitrogens with one attached hydrogen (secondary N) is 1. The van der Waals surface area contributed by atoms with Crippen molar-refractivity contribution in [1.29, 1.82) is 0 Å². The zero-order chi connectivity index (χ0) is 17.9. The molecule has 25 heavy (non-hydrogen) atoms. The van der Waals surface area contributed by atoms with Gasteiger partial charge in [-0.15, -0.1) is 0 Å². The summed E-state index contributed by atoms with van der Waals surface area (Å²) in [5, 5.41) is 14.4. The van der Waals surface area contributed by atoms with Crippen LogP contribution in [0.25, 0.3) is 0 Å². The van der Waals surface area contributed by atoms with Gasteiger partial charge in [-0.1, -0.05) is 12.1 Å². The second kappa shape index (κ2) is 7.40. The first kappa shape index (κ1) is 18.3. The molecule has 138 valence electrons. The quantitative estimate of drug-likeness (QED) is 0.864. The number of piperidine rings is 1. The summed E-state index contributed by atoms with van der Waals surface area (Å²) < 4.78 is 19.0. The van der Waals surface area contributed by atoms with Crippen LogP contribution in [-0.2, 0) is 16.0 Å². The zero-order valence-corrected chi connectivity index (χ0v) is 14.8. The van der Waals surface area contributed by atoms with Crippen LogP contribution in [-0.4, -0.2) is 60.4 Å². The Morgan fingerprint density at radius 3 is 2.64 bits per heavy atom. The minimum Gasteiger partial charge on any atom is -0.388 e. The molecule has 1 aromatic carbocycles. The van der Waals surface area contributed by atoms with Gasteiger partial charge in [-0.2, -0.15) is 0 Å². The van der Waals surface area contributed by atoms with Crippen LogP contribution in [0, 0.1) is 5.82 Å². The first-order valence-electron chi connectivity index (χ1n) is 8.95. The number of ether oxygens (including phenoxy) is 1. The molecule has 2 aliphatic heterocycles. The van der Waals surface area contributed by atoms with Crippen molar-refractivity contribution in [2.45, 2.75) is 43.3 Å². The Hall–Kier alpha value is -1.50. The van der Waals surface area contributed by atoms with E-state index >= 15 is 0 Å². The van der Waals surface area contributed by atoms with Gasteiger partial charge < -0.3 is 20.1 Å². The number of aliphatic hydroxyl groups is 1. The summed E-state index contributed by atoms with van der Waals surface area (Å²) in [5.41, 5.74) is -0.408. The van der Waals surface area contributed by atoms with Gasteiger partial charge in [0.15, 0.2) is 0 Å². The molecular weight excluding hydrogens is 323 g/mol. The number of benzene rings is 1. The van der Waals surface area contributed by atoms with Crippen LogP contribution in [0.4, 0.5) is 4.39 Å². The maximum Gasteiger partial charge on any atom is 0.226 e. The number of carbonyl (C=O) groups excluding carboxylic acids is 1. The summed E-state index contributed by atoms with van der Waals surface area (Å²) >= 11 is 0. The highest BCUT2D eigenvalue weighted by Crippen LogP contribution is 2.38. The van der Waals surface area contributed by atoms with Crippen molar-refractivity contribution in [2.24, 2.45) is 0 Å². The average molecular weight is 350 g/mol. The number of carbonyl (C=O) groups is 1. The molecule has 2 N–H and O–H groups in total. The number of halogens is 1. The summed E-state index contributed by atoms with van der Waals surface area (Å²) in [6.07, 6.45) is 3.09. The van der Waals surface area contributed by atoms with Gasteiger partial charge in [-0.05, 0) is 43.6 Å². The summed E-state index contributed by atoms with van der Waals surface area (Å²) in [7, 11) is 1.72. The van der Waals surface area contributed by atoms with Crippen LogP contribution in [0.3, 0.4) is 0 Å². The molecule has 3 rings (SSSR count). The largest absolute Gasteiger partial charge is 0.388 e. The van der Waals surface area contributed by atoms with Gasteiger partial charge in [0.2, 0.25) is 5.91 Å². The minimum atomic E-state index is -0.914. The normalized spacial score (nSPS) is 25.7. The van der Waals surface area contributed by atoms with Crippen molar-refractivity contribution < 1.29 is 19.0 Å². The lowest BCUT2D eigenvalue weighted by atomic mass is 9.77. The summed E-state index contributed by atoms with van der Waals surface area (Å²) in [6, 6.07) is 5.95. The molecule has 1 atom stereocenters. The minimum absolute atomic E-state index is 0.0779. The standard InChI is InChI=1S/C19H27FN2O3/c1-22(17(23)12-15-2-4-16(20)5-3-15)14-18(24)8-11-25-19(13-18)6-9-21-10-7-19/h2-5,21,24H,6-14H2,1H3. The van der Waals surface area contributed by atoms with E-state index in [0.717, 1.165) is 31.5 Å². The molecule has 0 radical (unpaired) electrons. The van der Waals surface area contributed by atoms with Crippen LogP contribution in [0.1, 0.15) is 31.2 Å². The Bertz CT molecular complexity index is 596. The van der Waals surface area contributed by atoms with E-state index < -0.39 is 5.60 Å².